The van der Waals surface area contributed by atoms with Crippen LogP contribution in [-0.4, -0.2) is 12.1 Å². The van der Waals surface area contributed by atoms with Gasteiger partial charge in [0.05, 0.1) is 18.8 Å². The molecule has 0 bridgehead atoms. The number of ether oxygens (including phenoxy) is 1. The number of rotatable bonds is 2. The van der Waals surface area contributed by atoms with Crippen LogP contribution in [0.2, 0.25) is 0 Å². The molecule has 0 fully saturated rings. The van der Waals surface area contributed by atoms with E-state index < -0.39 is 0 Å². The van der Waals surface area contributed by atoms with Crippen LogP contribution in [0.25, 0.3) is 0 Å². The molecule has 0 aliphatic rings. The molecular weight excluding hydrogens is 198 g/mol. The van der Waals surface area contributed by atoms with E-state index in [9.17, 15) is 0 Å². The van der Waals surface area contributed by atoms with E-state index in [2.05, 4.69) is 11.8 Å². The average molecular weight is 217 g/mol. The molecule has 0 aliphatic heterocycles. The van der Waals surface area contributed by atoms with Crippen molar-refractivity contribution >= 4 is 0 Å². The van der Waals surface area contributed by atoms with Crippen molar-refractivity contribution in [3.8, 4) is 11.8 Å². The third kappa shape index (κ3) is 4.48. The van der Waals surface area contributed by atoms with E-state index in [0.717, 1.165) is 11.1 Å². The summed E-state index contributed by atoms with van der Waals surface area (Å²) in [6, 6.07) is 7.99. The zero-order valence-electron chi connectivity index (χ0n) is 10.2. The van der Waals surface area contributed by atoms with E-state index in [1.165, 1.54) is 0 Å². The van der Waals surface area contributed by atoms with Gasteiger partial charge in [-0.15, -0.1) is 0 Å². The minimum atomic E-state index is -0.131. The summed E-state index contributed by atoms with van der Waals surface area (Å²) in [6.45, 7) is 7.09. The third-order valence-electron chi connectivity index (χ3n) is 2.00. The minimum absolute atomic E-state index is 0.131. The molecule has 0 radical (unpaired) electrons. The molecule has 2 N–H and O–H groups in total. The van der Waals surface area contributed by atoms with E-state index in [-0.39, 0.29) is 5.60 Å². The van der Waals surface area contributed by atoms with Crippen LogP contribution in [0.1, 0.15) is 31.9 Å². The van der Waals surface area contributed by atoms with Crippen LogP contribution in [0.5, 0.6) is 0 Å². The number of benzene rings is 1. The predicted molar refractivity (Wildman–Crippen MR) is 66.9 cm³/mol. The fourth-order valence-electron chi connectivity index (χ4n) is 1.21. The summed E-state index contributed by atoms with van der Waals surface area (Å²) in [7, 11) is 0. The summed E-state index contributed by atoms with van der Waals surface area (Å²) in [5.41, 5.74) is 7.34. The second-order valence-corrected chi connectivity index (χ2v) is 4.56. The molecule has 2 nitrogen and oxygen atoms in total. The molecule has 86 valence electrons. The monoisotopic (exact) mass is 217 g/mol. The SMILES string of the molecule is CC(C)(C)OCc1ccccc1C#CCN. The van der Waals surface area contributed by atoms with Crippen molar-refractivity contribution in [2.45, 2.75) is 33.0 Å². The van der Waals surface area contributed by atoms with Crippen LogP contribution in [0.4, 0.5) is 0 Å². The van der Waals surface area contributed by atoms with Gasteiger partial charge in [0, 0.05) is 5.56 Å². The van der Waals surface area contributed by atoms with Gasteiger partial charge in [-0.05, 0) is 32.4 Å². The van der Waals surface area contributed by atoms with Crippen molar-refractivity contribution in [2.75, 3.05) is 6.54 Å². The summed E-state index contributed by atoms with van der Waals surface area (Å²) >= 11 is 0. The lowest BCUT2D eigenvalue weighted by Crippen LogP contribution is -2.19. The first-order valence-electron chi connectivity index (χ1n) is 5.44. The van der Waals surface area contributed by atoms with Gasteiger partial charge in [0.2, 0.25) is 0 Å². The molecule has 16 heavy (non-hydrogen) atoms. The van der Waals surface area contributed by atoms with Crippen LogP contribution in [-0.2, 0) is 11.3 Å². The normalized spacial score (nSPS) is 10.8. The molecule has 0 saturated heterocycles. The molecule has 2 heteroatoms. The molecule has 1 rings (SSSR count). The second-order valence-electron chi connectivity index (χ2n) is 4.56. The molecular formula is C14H19NO. The van der Waals surface area contributed by atoms with Crippen molar-refractivity contribution in [1.29, 1.82) is 0 Å². The zero-order chi connectivity index (χ0) is 12.0. The van der Waals surface area contributed by atoms with Crippen LogP contribution >= 0.6 is 0 Å². The van der Waals surface area contributed by atoms with Gasteiger partial charge in [0.25, 0.3) is 0 Å². The Morgan fingerprint density at radius 3 is 2.56 bits per heavy atom. The fourth-order valence-corrected chi connectivity index (χ4v) is 1.21. The van der Waals surface area contributed by atoms with Gasteiger partial charge in [-0.3, -0.25) is 0 Å². The lowest BCUT2D eigenvalue weighted by atomic mass is 10.1. The molecule has 1 aromatic carbocycles. The van der Waals surface area contributed by atoms with E-state index >= 15 is 0 Å². The number of hydrogen-bond donors (Lipinski definition) is 1. The largest absolute Gasteiger partial charge is 0.371 e. The first kappa shape index (κ1) is 12.8. The summed E-state index contributed by atoms with van der Waals surface area (Å²) in [5, 5.41) is 0. The topological polar surface area (TPSA) is 35.2 Å². The summed E-state index contributed by atoms with van der Waals surface area (Å²) in [6.07, 6.45) is 0. The molecule has 0 saturated carbocycles. The van der Waals surface area contributed by atoms with Gasteiger partial charge in [0.1, 0.15) is 0 Å². The van der Waals surface area contributed by atoms with E-state index in [1.54, 1.807) is 0 Å². The molecule has 0 heterocycles. The number of hydrogen-bond acceptors (Lipinski definition) is 2. The Balaban J connectivity index is 2.79. The van der Waals surface area contributed by atoms with Crippen molar-refractivity contribution in [3.63, 3.8) is 0 Å². The summed E-state index contributed by atoms with van der Waals surface area (Å²) < 4.78 is 5.74. The highest BCUT2D eigenvalue weighted by Gasteiger charge is 2.10. The maximum Gasteiger partial charge on any atom is 0.0736 e. The summed E-state index contributed by atoms with van der Waals surface area (Å²) in [5.74, 6) is 5.92. The summed E-state index contributed by atoms with van der Waals surface area (Å²) in [4.78, 5) is 0. The molecule has 0 atom stereocenters. The quantitative estimate of drug-likeness (QED) is 0.772. The van der Waals surface area contributed by atoms with E-state index in [1.807, 2.05) is 45.0 Å². The molecule has 0 aromatic heterocycles. The Labute approximate surface area is 97.8 Å². The van der Waals surface area contributed by atoms with Crippen molar-refractivity contribution in [2.24, 2.45) is 5.73 Å². The first-order valence-corrected chi connectivity index (χ1v) is 5.44. The Bertz CT molecular complexity index is 393. The standard InChI is InChI=1S/C14H19NO/c1-14(2,3)16-11-13-8-5-4-7-12(13)9-6-10-15/h4-5,7-8H,10-11,15H2,1-3H3. The van der Waals surface area contributed by atoms with Gasteiger partial charge >= 0.3 is 0 Å². The Morgan fingerprint density at radius 1 is 1.25 bits per heavy atom. The van der Waals surface area contributed by atoms with Gasteiger partial charge < -0.3 is 10.5 Å². The van der Waals surface area contributed by atoms with E-state index in [4.69, 9.17) is 10.5 Å². The second kappa shape index (κ2) is 5.69. The molecule has 1 aromatic rings. The maximum atomic E-state index is 5.74. The van der Waals surface area contributed by atoms with Crippen molar-refractivity contribution in [1.82, 2.24) is 0 Å². The van der Waals surface area contributed by atoms with Crippen LogP contribution < -0.4 is 5.73 Å². The smallest absolute Gasteiger partial charge is 0.0736 e. The van der Waals surface area contributed by atoms with Crippen LogP contribution in [0.15, 0.2) is 24.3 Å². The number of nitrogens with two attached hydrogens (primary N) is 1. The Hall–Kier alpha value is -1.30. The molecule has 0 unspecified atom stereocenters. The van der Waals surface area contributed by atoms with Crippen molar-refractivity contribution in [3.05, 3.63) is 35.4 Å². The van der Waals surface area contributed by atoms with Crippen molar-refractivity contribution < 1.29 is 4.74 Å². The highest BCUT2D eigenvalue weighted by atomic mass is 16.5. The van der Waals surface area contributed by atoms with Gasteiger partial charge in [-0.1, -0.05) is 30.0 Å². The van der Waals surface area contributed by atoms with Crippen LogP contribution in [0.3, 0.4) is 0 Å². The van der Waals surface area contributed by atoms with Gasteiger partial charge in [-0.2, -0.15) is 0 Å². The minimum Gasteiger partial charge on any atom is -0.371 e. The lowest BCUT2D eigenvalue weighted by molar-refractivity contribution is -0.0150. The zero-order valence-corrected chi connectivity index (χ0v) is 10.2. The first-order chi connectivity index (χ1) is 7.53. The van der Waals surface area contributed by atoms with Gasteiger partial charge in [-0.25, -0.2) is 0 Å². The van der Waals surface area contributed by atoms with Gasteiger partial charge in [0.15, 0.2) is 0 Å². The highest BCUT2D eigenvalue weighted by molar-refractivity contribution is 5.41. The average Bonchev–Trinajstić information content (AvgIpc) is 2.23. The molecule has 0 amide bonds. The predicted octanol–water partition coefficient (Wildman–Crippen LogP) is 2.31. The fraction of sp³-hybridized carbons (Fsp3) is 0.429. The highest BCUT2D eigenvalue weighted by Crippen LogP contribution is 2.14. The Kier molecular flexibility index (Phi) is 4.54. The molecule has 0 spiro atoms. The molecule has 0 aliphatic carbocycles. The van der Waals surface area contributed by atoms with E-state index in [0.29, 0.717) is 13.2 Å². The van der Waals surface area contributed by atoms with Crippen LogP contribution in [0, 0.1) is 11.8 Å². The maximum absolute atomic E-state index is 5.74. The third-order valence-corrected chi connectivity index (χ3v) is 2.00. The Morgan fingerprint density at radius 2 is 1.94 bits per heavy atom. The lowest BCUT2D eigenvalue weighted by Gasteiger charge is -2.20.